The Morgan fingerprint density at radius 2 is 1.62 bits per heavy atom. The van der Waals surface area contributed by atoms with E-state index < -0.39 is 0 Å². The van der Waals surface area contributed by atoms with Gasteiger partial charge in [0.25, 0.3) is 0 Å². The van der Waals surface area contributed by atoms with Gasteiger partial charge in [0, 0.05) is 5.02 Å². The first-order chi connectivity index (χ1) is 7.84. The molecule has 0 saturated carbocycles. The number of halogens is 1. The van der Waals surface area contributed by atoms with Crippen LogP contribution in [-0.2, 0) is 0 Å². The summed E-state index contributed by atoms with van der Waals surface area (Å²) in [5.74, 6) is 0. The Bertz CT molecular complexity index is 463. The first-order valence-electron chi connectivity index (χ1n) is 4.87. The van der Waals surface area contributed by atoms with E-state index >= 15 is 0 Å². The lowest BCUT2D eigenvalue weighted by molar-refractivity contribution is 1.35. The average molecular weight is 230 g/mol. The number of rotatable bonds is 3. The highest BCUT2D eigenvalue weighted by Gasteiger charge is 1.96. The summed E-state index contributed by atoms with van der Waals surface area (Å²) in [6.45, 7) is 0. The molecule has 3 heteroatoms. The fraction of sp³-hybridized carbons (Fsp3) is 0. The van der Waals surface area contributed by atoms with E-state index in [1.807, 2.05) is 54.6 Å². The summed E-state index contributed by atoms with van der Waals surface area (Å²) >= 11 is 5.77. The molecule has 0 bridgehead atoms. The summed E-state index contributed by atoms with van der Waals surface area (Å²) < 4.78 is 0. The minimum absolute atomic E-state index is 0.710. The van der Waals surface area contributed by atoms with Crippen LogP contribution in [0.25, 0.3) is 0 Å². The number of hydrogen-bond acceptors (Lipinski definition) is 2. The molecule has 0 fully saturated rings. The molecule has 0 aliphatic rings. The fourth-order valence-corrected chi connectivity index (χ4v) is 1.32. The summed E-state index contributed by atoms with van der Waals surface area (Å²) in [4.78, 5) is 0. The van der Waals surface area contributed by atoms with Crippen molar-refractivity contribution in [2.45, 2.75) is 0 Å². The molecule has 0 saturated heterocycles. The molecule has 2 aromatic carbocycles. The van der Waals surface area contributed by atoms with Gasteiger partial charge in [-0.25, -0.2) is 0 Å². The molecule has 16 heavy (non-hydrogen) atoms. The predicted molar refractivity (Wildman–Crippen MR) is 68.1 cm³/mol. The predicted octanol–water partition coefficient (Wildman–Crippen LogP) is 3.66. The van der Waals surface area contributed by atoms with Gasteiger partial charge in [-0.2, -0.15) is 0 Å². The van der Waals surface area contributed by atoms with Crippen molar-refractivity contribution in [2.24, 2.45) is 5.10 Å². The molecule has 0 aliphatic carbocycles. The van der Waals surface area contributed by atoms with Crippen LogP contribution in [0, 0.1) is 0 Å². The molecule has 0 unspecified atom stereocenters. The van der Waals surface area contributed by atoms with Gasteiger partial charge in [0.05, 0.1) is 17.8 Å². The third-order valence-electron chi connectivity index (χ3n) is 1.99. The Hall–Kier alpha value is -1.89. The highest BCUT2D eigenvalue weighted by atomic mass is 35.5. The van der Waals surface area contributed by atoms with Crippen molar-refractivity contribution in [3.8, 4) is 0 Å². The lowest BCUT2D eigenvalue weighted by Gasteiger charge is -1.96. The van der Waals surface area contributed by atoms with Crippen LogP contribution in [0.3, 0.4) is 0 Å². The Balaban J connectivity index is 1.97. The van der Waals surface area contributed by atoms with Crippen LogP contribution in [0.2, 0.25) is 5.02 Å². The maximum atomic E-state index is 5.77. The van der Waals surface area contributed by atoms with E-state index in [4.69, 9.17) is 11.6 Å². The molecule has 0 spiro atoms. The van der Waals surface area contributed by atoms with Crippen LogP contribution >= 0.6 is 11.6 Å². The molecular weight excluding hydrogens is 220 g/mol. The van der Waals surface area contributed by atoms with Gasteiger partial charge in [-0.3, -0.25) is 5.43 Å². The van der Waals surface area contributed by atoms with Crippen LogP contribution in [0.4, 0.5) is 5.69 Å². The molecule has 0 radical (unpaired) electrons. The second kappa shape index (κ2) is 5.26. The standard InChI is InChI=1S/C13H10ClN2/c14-12-6-8-13(9-7-12)16-15-10-11-4-2-1-3-5-11/h1-9,16H/q+1. The van der Waals surface area contributed by atoms with Gasteiger partial charge < -0.3 is 0 Å². The first kappa shape index (κ1) is 10.6. The molecule has 0 aliphatic heterocycles. The van der Waals surface area contributed by atoms with Gasteiger partial charge >= 0.3 is 0 Å². The van der Waals surface area contributed by atoms with Gasteiger partial charge in [-0.05, 0) is 42.5 Å². The summed E-state index contributed by atoms with van der Waals surface area (Å²) in [7, 11) is 0. The van der Waals surface area contributed by atoms with Crippen molar-refractivity contribution >= 4 is 23.5 Å². The smallest absolute Gasteiger partial charge is 0.211 e. The molecule has 0 heterocycles. The maximum Gasteiger partial charge on any atom is 0.211 e. The minimum Gasteiger partial charge on any atom is -0.257 e. The van der Waals surface area contributed by atoms with Crippen LogP contribution in [0.1, 0.15) is 5.56 Å². The summed E-state index contributed by atoms with van der Waals surface area (Å²) in [5.41, 5.74) is 4.69. The fourth-order valence-electron chi connectivity index (χ4n) is 1.19. The zero-order chi connectivity index (χ0) is 11.2. The molecule has 2 rings (SSSR count). The van der Waals surface area contributed by atoms with E-state index in [0.29, 0.717) is 5.02 Å². The van der Waals surface area contributed by atoms with Gasteiger partial charge in [-0.1, -0.05) is 16.7 Å². The van der Waals surface area contributed by atoms with E-state index in [0.717, 1.165) is 11.3 Å². The van der Waals surface area contributed by atoms with Crippen LogP contribution in [0.15, 0.2) is 59.7 Å². The normalized spacial score (nSPS) is 10.1. The summed E-state index contributed by atoms with van der Waals surface area (Å²) in [5, 5.41) is 4.71. The maximum absolute atomic E-state index is 5.77. The van der Waals surface area contributed by atoms with Crippen LogP contribution in [0.5, 0.6) is 0 Å². The van der Waals surface area contributed by atoms with Crippen molar-refractivity contribution in [3.63, 3.8) is 0 Å². The van der Waals surface area contributed by atoms with Crippen molar-refractivity contribution in [1.29, 1.82) is 0 Å². The van der Waals surface area contributed by atoms with E-state index in [-0.39, 0.29) is 0 Å². The number of hydrogen-bond donors (Lipinski definition) is 1. The number of nitrogens with one attached hydrogen (secondary N) is 1. The SMILES string of the molecule is Clc1ccc(NN=[C+]c2ccccc2)cc1. The second-order valence-electron chi connectivity index (χ2n) is 3.21. The van der Waals surface area contributed by atoms with Crippen molar-refractivity contribution in [2.75, 3.05) is 5.43 Å². The lowest BCUT2D eigenvalue weighted by Crippen LogP contribution is -1.89. The monoisotopic (exact) mass is 229 g/mol. The van der Waals surface area contributed by atoms with E-state index in [2.05, 4.69) is 16.7 Å². The van der Waals surface area contributed by atoms with E-state index in [1.165, 1.54) is 0 Å². The van der Waals surface area contributed by atoms with Crippen LogP contribution in [-0.4, -0.2) is 6.21 Å². The number of anilines is 1. The highest BCUT2D eigenvalue weighted by Crippen LogP contribution is 2.13. The third-order valence-corrected chi connectivity index (χ3v) is 2.24. The van der Waals surface area contributed by atoms with Gasteiger partial charge in [0.2, 0.25) is 5.56 Å². The minimum atomic E-state index is 0.710. The quantitative estimate of drug-likeness (QED) is 0.485. The van der Waals surface area contributed by atoms with Crippen molar-refractivity contribution in [3.05, 3.63) is 65.2 Å². The molecular formula is C13H10ClN2+. The topological polar surface area (TPSA) is 24.4 Å². The zero-order valence-corrected chi connectivity index (χ0v) is 9.28. The summed E-state index contributed by atoms with van der Waals surface area (Å²) in [6, 6.07) is 17.1. The average Bonchev–Trinajstić information content (AvgIpc) is 2.33. The number of hydrazone groups is 1. The lowest BCUT2D eigenvalue weighted by atomic mass is 10.2. The largest absolute Gasteiger partial charge is 0.257 e. The molecule has 2 nitrogen and oxygen atoms in total. The van der Waals surface area contributed by atoms with E-state index in [9.17, 15) is 0 Å². The zero-order valence-electron chi connectivity index (χ0n) is 8.52. The molecule has 0 atom stereocenters. The van der Waals surface area contributed by atoms with Crippen molar-refractivity contribution in [1.82, 2.24) is 0 Å². The molecule has 0 amide bonds. The highest BCUT2D eigenvalue weighted by molar-refractivity contribution is 6.30. The van der Waals surface area contributed by atoms with Crippen LogP contribution < -0.4 is 5.43 Å². The molecule has 2 aromatic rings. The molecule has 0 aromatic heterocycles. The first-order valence-corrected chi connectivity index (χ1v) is 5.25. The Labute approximate surface area is 99.6 Å². The molecule has 1 N–H and O–H groups in total. The van der Waals surface area contributed by atoms with Gasteiger partial charge in [0.15, 0.2) is 6.21 Å². The Kier molecular flexibility index (Phi) is 3.50. The Morgan fingerprint density at radius 3 is 2.31 bits per heavy atom. The number of nitrogens with zero attached hydrogens (tertiary/aromatic N) is 1. The summed E-state index contributed by atoms with van der Waals surface area (Å²) in [6.07, 6.45) is 2.89. The third kappa shape index (κ3) is 3.06. The van der Waals surface area contributed by atoms with E-state index in [1.54, 1.807) is 0 Å². The van der Waals surface area contributed by atoms with Crippen molar-refractivity contribution < 1.29 is 0 Å². The second-order valence-corrected chi connectivity index (χ2v) is 3.64. The van der Waals surface area contributed by atoms with Gasteiger partial charge in [-0.15, -0.1) is 0 Å². The Morgan fingerprint density at radius 1 is 0.938 bits per heavy atom. The molecule has 78 valence electrons. The van der Waals surface area contributed by atoms with Gasteiger partial charge in [0.1, 0.15) is 0 Å². The number of benzene rings is 2.